The van der Waals surface area contributed by atoms with E-state index in [2.05, 4.69) is 37.8 Å². The van der Waals surface area contributed by atoms with Crippen LogP contribution in [0.25, 0.3) is 0 Å². The van der Waals surface area contributed by atoms with Gasteiger partial charge in [0, 0.05) is 19.6 Å². The summed E-state index contributed by atoms with van der Waals surface area (Å²) in [5, 5.41) is 12.3. The summed E-state index contributed by atoms with van der Waals surface area (Å²) in [6.07, 6.45) is 2.84. The average molecular weight is 350 g/mol. The molecule has 6 nitrogen and oxygen atoms in total. The molecule has 140 valence electrons. The van der Waals surface area contributed by atoms with Crippen molar-refractivity contribution in [3.05, 3.63) is 22.3 Å². The van der Waals surface area contributed by atoms with Crippen molar-refractivity contribution in [1.82, 2.24) is 4.90 Å². The first kappa shape index (κ1) is 19.7. The SMILES string of the molecule is CC1=C(C)CC(C(C)ON=CC(=O)O)=C(CN2CC(C)OC(C)C2)C1. The van der Waals surface area contributed by atoms with Crippen molar-refractivity contribution in [3.63, 3.8) is 0 Å². The number of carboxylic acid groups (broad SMARTS) is 1. The number of nitrogens with zero attached hydrogens (tertiary/aromatic N) is 2. The van der Waals surface area contributed by atoms with Crippen LogP contribution in [-0.2, 0) is 14.4 Å². The van der Waals surface area contributed by atoms with Gasteiger partial charge in [0.2, 0.25) is 0 Å². The first-order valence-corrected chi connectivity index (χ1v) is 8.92. The Kier molecular flexibility index (Phi) is 6.79. The monoisotopic (exact) mass is 350 g/mol. The van der Waals surface area contributed by atoms with E-state index in [1.54, 1.807) is 0 Å². The van der Waals surface area contributed by atoms with Gasteiger partial charge in [-0.15, -0.1) is 0 Å². The largest absolute Gasteiger partial charge is 0.477 e. The van der Waals surface area contributed by atoms with E-state index < -0.39 is 5.97 Å². The van der Waals surface area contributed by atoms with Gasteiger partial charge in [-0.2, -0.15) is 0 Å². The first-order chi connectivity index (χ1) is 11.8. The maximum absolute atomic E-state index is 10.6. The highest BCUT2D eigenvalue weighted by Gasteiger charge is 2.27. The van der Waals surface area contributed by atoms with Gasteiger partial charge in [-0.05, 0) is 58.6 Å². The zero-order valence-corrected chi connectivity index (χ0v) is 15.9. The predicted molar refractivity (Wildman–Crippen MR) is 97.8 cm³/mol. The Labute approximate surface area is 150 Å². The highest BCUT2D eigenvalue weighted by atomic mass is 16.6. The number of hydrogen-bond donors (Lipinski definition) is 1. The molecule has 1 heterocycles. The Morgan fingerprint density at radius 1 is 1.32 bits per heavy atom. The van der Waals surface area contributed by atoms with E-state index in [1.807, 2.05) is 6.92 Å². The van der Waals surface area contributed by atoms with Crippen LogP contribution in [-0.4, -0.2) is 60.1 Å². The Hall–Kier alpha value is -1.66. The second-order valence-electron chi connectivity index (χ2n) is 7.31. The topological polar surface area (TPSA) is 71.4 Å². The number of hydrogen-bond acceptors (Lipinski definition) is 5. The molecule has 6 heteroatoms. The Bertz CT molecular complexity index is 584. The summed E-state index contributed by atoms with van der Waals surface area (Å²) in [4.78, 5) is 18.4. The summed E-state index contributed by atoms with van der Waals surface area (Å²) in [7, 11) is 0. The lowest BCUT2D eigenvalue weighted by atomic mass is 9.84. The number of oxime groups is 1. The van der Waals surface area contributed by atoms with Gasteiger partial charge < -0.3 is 14.7 Å². The molecule has 1 aliphatic heterocycles. The highest BCUT2D eigenvalue weighted by Crippen LogP contribution is 2.33. The van der Waals surface area contributed by atoms with Gasteiger partial charge in [0.1, 0.15) is 6.10 Å². The number of aliphatic carboxylic acids is 1. The smallest absolute Gasteiger partial charge is 0.350 e. The number of ether oxygens (including phenoxy) is 1. The van der Waals surface area contributed by atoms with Crippen LogP contribution in [0.15, 0.2) is 27.4 Å². The molecule has 2 aliphatic rings. The standard InChI is InChI=1S/C19H30N2O4/c1-12-6-17(11-21-9-14(3)24-15(4)10-21)18(7-13(12)2)16(5)25-20-8-19(22)23/h8,14-16H,6-7,9-11H2,1-5H3,(H,22,23). The summed E-state index contributed by atoms with van der Waals surface area (Å²) >= 11 is 0. The number of rotatable bonds is 6. The van der Waals surface area contributed by atoms with Crippen LogP contribution in [0.4, 0.5) is 0 Å². The van der Waals surface area contributed by atoms with Gasteiger partial charge in [-0.25, -0.2) is 4.79 Å². The third kappa shape index (κ3) is 5.68. The summed E-state index contributed by atoms with van der Waals surface area (Å²) in [6.45, 7) is 13.2. The second-order valence-corrected chi connectivity index (χ2v) is 7.31. The quantitative estimate of drug-likeness (QED) is 0.453. The molecule has 0 bridgehead atoms. The second kappa shape index (κ2) is 8.63. The number of morpholine rings is 1. The van der Waals surface area contributed by atoms with Gasteiger partial charge in [-0.3, -0.25) is 4.90 Å². The Morgan fingerprint density at radius 2 is 1.92 bits per heavy atom. The fourth-order valence-corrected chi connectivity index (χ4v) is 3.65. The highest BCUT2D eigenvalue weighted by molar-refractivity contribution is 6.21. The fraction of sp³-hybridized carbons (Fsp3) is 0.684. The Balaban J connectivity index is 2.14. The van der Waals surface area contributed by atoms with Crippen molar-refractivity contribution in [2.24, 2.45) is 5.16 Å². The van der Waals surface area contributed by atoms with Gasteiger partial charge in [0.15, 0.2) is 6.21 Å². The van der Waals surface area contributed by atoms with E-state index in [4.69, 9.17) is 14.7 Å². The van der Waals surface area contributed by atoms with Crippen molar-refractivity contribution < 1.29 is 19.5 Å². The molecular weight excluding hydrogens is 320 g/mol. The molecule has 25 heavy (non-hydrogen) atoms. The van der Waals surface area contributed by atoms with Gasteiger partial charge >= 0.3 is 5.97 Å². The van der Waals surface area contributed by atoms with Crippen molar-refractivity contribution >= 4 is 12.2 Å². The van der Waals surface area contributed by atoms with E-state index >= 15 is 0 Å². The molecule has 1 N–H and O–H groups in total. The molecule has 0 saturated carbocycles. The molecule has 0 aromatic carbocycles. The van der Waals surface area contributed by atoms with Crippen LogP contribution in [0.1, 0.15) is 47.5 Å². The third-order valence-corrected chi connectivity index (χ3v) is 4.90. The minimum absolute atomic E-state index is 0.232. The average Bonchev–Trinajstić information content (AvgIpc) is 2.49. The van der Waals surface area contributed by atoms with E-state index in [0.29, 0.717) is 0 Å². The minimum Gasteiger partial charge on any atom is -0.477 e. The van der Waals surface area contributed by atoms with Crippen molar-refractivity contribution in [2.45, 2.75) is 65.8 Å². The molecule has 1 aliphatic carbocycles. The van der Waals surface area contributed by atoms with Crippen molar-refractivity contribution in [1.29, 1.82) is 0 Å². The summed E-state index contributed by atoms with van der Waals surface area (Å²) < 4.78 is 5.83. The fourth-order valence-electron chi connectivity index (χ4n) is 3.65. The van der Waals surface area contributed by atoms with E-state index in [-0.39, 0.29) is 18.3 Å². The van der Waals surface area contributed by atoms with Crippen molar-refractivity contribution in [3.8, 4) is 0 Å². The molecule has 2 rings (SSSR count). The third-order valence-electron chi connectivity index (χ3n) is 4.90. The van der Waals surface area contributed by atoms with Gasteiger partial charge in [0.05, 0.1) is 12.2 Å². The minimum atomic E-state index is -1.10. The maximum atomic E-state index is 10.6. The zero-order chi connectivity index (χ0) is 18.6. The first-order valence-electron chi connectivity index (χ1n) is 8.92. The van der Waals surface area contributed by atoms with E-state index in [1.165, 1.54) is 22.3 Å². The lowest BCUT2D eigenvalue weighted by Crippen LogP contribution is -2.46. The molecule has 3 unspecified atom stereocenters. The van der Waals surface area contributed by atoms with Crippen LogP contribution >= 0.6 is 0 Å². The zero-order valence-electron chi connectivity index (χ0n) is 15.9. The molecule has 3 atom stereocenters. The van der Waals surface area contributed by atoms with Gasteiger partial charge in [0.25, 0.3) is 0 Å². The van der Waals surface area contributed by atoms with Gasteiger partial charge in [-0.1, -0.05) is 16.3 Å². The van der Waals surface area contributed by atoms with Crippen LogP contribution in [0, 0.1) is 0 Å². The number of allylic oxidation sites excluding steroid dienone is 2. The Morgan fingerprint density at radius 3 is 2.52 bits per heavy atom. The summed E-state index contributed by atoms with van der Waals surface area (Å²) in [5.74, 6) is -1.10. The molecule has 0 aromatic heterocycles. The lowest BCUT2D eigenvalue weighted by molar-refractivity contribution is -0.129. The van der Waals surface area contributed by atoms with Crippen LogP contribution in [0.2, 0.25) is 0 Å². The molecule has 1 saturated heterocycles. The van der Waals surface area contributed by atoms with Crippen LogP contribution in [0.3, 0.4) is 0 Å². The number of carbonyl (C=O) groups is 1. The molecule has 0 radical (unpaired) electrons. The molecule has 0 amide bonds. The molecular formula is C19H30N2O4. The van der Waals surface area contributed by atoms with Crippen LogP contribution in [0.5, 0.6) is 0 Å². The molecule has 0 spiro atoms. The lowest BCUT2D eigenvalue weighted by Gasteiger charge is -2.37. The van der Waals surface area contributed by atoms with E-state index in [0.717, 1.165) is 38.7 Å². The molecule has 0 aromatic rings. The van der Waals surface area contributed by atoms with E-state index in [9.17, 15) is 4.79 Å². The molecule has 1 fully saturated rings. The maximum Gasteiger partial charge on any atom is 0.350 e. The summed E-state index contributed by atoms with van der Waals surface area (Å²) in [5.41, 5.74) is 5.36. The number of carboxylic acids is 1. The predicted octanol–water partition coefficient (Wildman–Crippen LogP) is 3.00. The van der Waals surface area contributed by atoms with Crippen molar-refractivity contribution in [2.75, 3.05) is 19.6 Å². The van der Waals surface area contributed by atoms with Crippen LogP contribution < -0.4 is 0 Å². The summed E-state index contributed by atoms with van der Waals surface area (Å²) in [6, 6.07) is 0. The normalized spacial score (nSPS) is 27.1.